The predicted molar refractivity (Wildman–Crippen MR) is 289 cm³/mol. The van der Waals surface area contributed by atoms with Gasteiger partial charge in [-0.15, -0.1) is 11.6 Å². The van der Waals surface area contributed by atoms with Crippen LogP contribution >= 0.6 is 11.6 Å². The number of hydrogen-bond acceptors (Lipinski definition) is 15. The van der Waals surface area contributed by atoms with Crippen LogP contribution in [0.15, 0.2) is 23.5 Å². The Kier molecular flexibility index (Phi) is 28.8. The van der Waals surface area contributed by atoms with Gasteiger partial charge in [0.1, 0.15) is 53.7 Å². The van der Waals surface area contributed by atoms with Gasteiger partial charge in [-0.05, 0) is 65.2 Å². The van der Waals surface area contributed by atoms with Crippen molar-refractivity contribution in [3.63, 3.8) is 0 Å². The van der Waals surface area contributed by atoms with E-state index in [0.717, 1.165) is 75.0 Å². The minimum atomic E-state index is -2.03. The number of halogens is 1. The number of likely N-dealkylation sites (N-methyl/N-ethyl adjacent to an activating group) is 1. The van der Waals surface area contributed by atoms with Crippen molar-refractivity contribution in [1.82, 2.24) is 52.3 Å². The first-order chi connectivity index (χ1) is 37.5. The van der Waals surface area contributed by atoms with Crippen molar-refractivity contribution in [3.05, 3.63) is 23.5 Å². The van der Waals surface area contributed by atoms with Gasteiger partial charge in [0.15, 0.2) is 6.10 Å². The third-order valence-electron chi connectivity index (χ3n) is 13.6. The lowest BCUT2D eigenvalue weighted by Crippen LogP contribution is -2.62. The van der Waals surface area contributed by atoms with Crippen LogP contribution in [-0.4, -0.2) is 177 Å². The van der Waals surface area contributed by atoms with E-state index in [1.165, 1.54) is 13.8 Å². The molecule has 2 heterocycles. The molecule has 80 heavy (non-hydrogen) atoms. The smallest absolute Gasteiger partial charge is 0.268 e. The normalized spacial score (nSPS) is 27.1. The summed E-state index contributed by atoms with van der Waals surface area (Å²) in [5.74, 6) is -15.0. The van der Waals surface area contributed by atoms with Crippen LogP contribution in [0.3, 0.4) is 0 Å². The van der Waals surface area contributed by atoms with E-state index in [1.807, 2.05) is 0 Å². The summed E-state index contributed by atoms with van der Waals surface area (Å²) in [6, 6.07) is -13.0. The van der Waals surface area contributed by atoms with Gasteiger partial charge in [-0.3, -0.25) is 62.3 Å². The predicted octanol–water partition coefficient (Wildman–Crippen LogP) is -3.58. The van der Waals surface area contributed by atoms with Gasteiger partial charge in [0.2, 0.25) is 59.1 Å². The molecular formula is C51H82ClN13O15. The molecule has 0 unspecified atom stereocenters. The van der Waals surface area contributed by atoms with Crippen LogP contribution in [0.4, 0.5) is 0 Å². The number of carbonyl (C=O) groups is 13. The van der Waals surface area contributed by atoms with Crippen molar-refractivity contribution in [1.29, 1.82) is 0 Å². The van der Waals surface area contributed by atoms with Gasteiger partial charge >= 0.3 is 0 Å². The van der Waals surface area contributed by atoms with Crippen LogP contribution in [-0.2, 0) is 62.3 Å². The first-order valence-electron chi connectivity index (χ1n) is 26.6. The minimum Gasteiger partial charge on any atom is -0.391 e. The lowest BCUT2D eigenvalue weighted by molar-refractivity contribution is -0.151. The molecule has 29 heteroatoms. The Labute approximate surface area is 470 Å². The van der Waals surface area contributed by atoms with E-state index in [9.17, 15) is 72.5 Å². The first-order valence-corrected chi connectivity index (χ1v) is 27.2. The number of amides is 13. The zero-order chi connectivity index (χ0) is 60.7. The standard InChI is InChI=1S/C51H82ClN13O15/c1-9-29-43(72)59-31(22-35(53)67)45(74)56-27(6)42(71)63-40(28(7)66)51(80)64(8)34(24-37(55)69)50(79)65-21-17-19-33(65)47(76)62-39(26(5)18-15-13-11-12-14-16-20-52)41(70)49(78)61-38(25(3)4)48(77)58-30(10-2)44(73)60-32(23-36(54)68)46(75)57-29/h9-10,25-28,31-34,38-41,66,70H,11-24H2,1-8H3,(H2,53,67)(H2,54,68)(H2,55,69)(H,56,74)(H,57,75)(H,58,77)(H,59,72)(H,60,73)(H,61,78)(H,62,76)(H,63,71)/b29-9-,30-10+/t26-,27+,28+,31-,32-,33-,34-,38-,39+,40-,41+/m0/s1. The molecule has 0 aromatic carbocycles. The van der Waals surface area contributed by atoms with E-state index in [4.69, 9.17) is 28.8 Å². The fraction of sp³-hybridized carbons (Fsp3) is 0.667. The van der Waals surface area contributed by atoms with Crippen molar-refractivity contribution >= 4 is 88.4 Å². The molecule has 0 bridgehead atoms. The maximum absolute atomic E-state index is 14.6. The molecule has 0 spiro atoms. The molecule has 2 saturated heterocycles. The summed E-state index contributed by atoms with van der Waals surface area (Å²) in [6.07, 6.45) is 1.51. The Morgan fingerprint density at radius 2 is 1.14 bits per heavy atom. The summed E-state index contributed by atoms with van der Waals surface area (Å²) in [5.41, 5.74) is 15.3. The number of allylic oxidation sites excluding steroid dienone is 2. The van der Waals surface area contributed by atoms with Gasteiger partial charge < -0.3 is 79.7 Å². The van der Waals surface area contributed by atoms with Crippen LogP contribution in [0.1, 0.15) is 126 Å². The average molecular weight is 1150 g/mol. The number of fused-ring (bicyclic) bond motifs is 1. The van der Waals surface area contributed by atoms with Gasteiger partial charge in [0.05, 0.1) is 31.4 Å². The molecule has 2 aliphatic rings. The SMILES string of the molecule is C/C=C1\NC(=O)[C@H](CC(N)=O)NC(=O)/C(=C\C)NC(=O)[C@H](C(C)C)NC(=O)[C@H](O)[C@@H]([C@@H](C)CCCCCCCCCl)NC(=O)[C@@H]2CCCN2C(=O)[C@H](CC(N)=O)N(C)C(=O)[C@H]([C@@H](C)O)NC(=O)[C@@H](C)NC(=O)[C@H](CC(N)=O)NC1=O. The molecule has 2 rings (SSSR count). The Hall–Kier alpha value is -7.20. The second-order valence-corrected chi connectivity index (χ2v) is 20.7. The number of rotatable bonds is 17. The summed E-state index contributed by atoms with van der Waals surface area (Å²) in [7, 11) is 1.09. The third kappa shape index (κ3) is 21.1. The van der Waals surface area contributed by atoms with Crippen LogP contribution in [0.5, 0.6) is 0 Å². The van der Waals surface area contributed by atoms with Gasteiger partial charge in [-0.25, -0.2) is 0 Å². The molecule has 0 aromatic heterocycles. The van der Waals surface area contributed by atoms with Gasteiger partial charge in [0, 0.05) is 19.5 Å². The monoisotopic (exact) mass is 1150 g/mol. The molecule has 16 N–H and O–H groups in total. The van der Waals surface area contributed by atoms with Crippen LogP contribution in [0.25, 0.3) is 0 Å². The largest absolute Gasteiger partial charge is 0.391 e. The van der Waals surface area contributed by atoms with Crippen molar-refractivity contribution in [2.45, 2.75) is 186 Å². The van der Waals surface area contributed by atoms with Gasteiger partial charge in [0.25, 0.3) is 17.7 Å². The fourth-order valence-corrected chi connectivity index (χ4v) is 9.10. The van der Waals surface area contributed by atoms with Crippen molar-refractivity contribution in [2.75, 3.05) is 19.5 Å². The van der Waals surface area contributed by atoms with Gasteiger partial charge in [-0.1, -0.05) is 65.0 Å². The molecule has 0 radical (unpaired) electrons. The minimum absolute atomic E-state index is 0.0467. The highest BCUT2D eigenvalue weighted by Gasteiger charge is 2.44. The van der Waals surface area contributed by atoms with E-state index < -0.39 is 180 Å². The van der Waals surface area contributed by atoms with Crippen molar-refractivity contribution in [3.8, 4) is 0 Å². The second kappa shape index (κ2) is 33.4. The van der Waals surface area contributed by atoms with Crippen LogP contribution in [0, 0.1) is 11.8 Å². The summed E-state index contributed by atoms with van der Waals surface area (Å²) in [5, 5.41) is 41.5. The highest BCUT2D eigenvalue weighted by Crippen LogP contribution is 2.24. The molecule has 0 aliphatic carbocycles. The Bertz CT molecular complexity index is 2350. The number of nitrogens with zero attached hydrogens (tertiary/aromatic N) is 2. The van der Waals surface area contributed by atoms with Gasteiger partial charge in [-0.2, -0.15) is 0 Å². The Morgan fingerprint density at radius 3 is 1.64 bits per heavy atom. The van der Waals surface area contributed by atoms with E-state index in [1.54, 1.807) is 20.8 Å². The third-order valence-corrected chi connectivity index (χ3v) is 13.9. The summed E-state index contributed by atoms with van der Waals surface area (Å²) in [4.78, 5) is 178. The maximum Gasteiger partial charge on any atom is 0.268 e. The zero-order valence-electron chi connectivity index (χ0n) is 46.7. The number of aliphatic hydroxyl groups excluding tert-OH is 2. The maximum atomic E-state index is 14.6. The molecular weight excluding hydrogens is 1070 g/mol. The molecule has 2 fully saturated rings. The summed E-state index contributed by atoms with van der Waals surface area (Å²) < 4.78 is 0. The number of carbonyl (C=O) groups excluding carboxylic acids is 13. The molecule has 0 aromatic rings. The quantitative estimate of drug-likeness (QED) is 0.0381. The highest BCUT2D eigenvalue weighted by molar-refractivity contribution is 6.17. The molecule has 2 aliphatic heterocycles. The molecule has 448 valence electrons. The van der Waals surface area contributed by atoms with E-state index in [2.05, 4.69) is 42.5 Å². The molecule has 11 atom stereocenters. The number of nitrogens with two attached hydrogens (primary N) is 3. The molecule has 13 amide bonds. The van der Waals surface area contributed by atoms with Crippen LogP contribution in [0.2, 0.25) is 0 Å². The topological polar surface area (TPSA) is 443 Å². The number of alkyl halides is 1. The van der Waals surface area contributed by atoms with Crippen LogP contribution < -0.4 is 59.7 Å². The lowest BCUT2D eigenvalue weighted by atomic mass is 9.90. The number of hydrogen-bond donors (Lipinski definition) is 13. The Morgan fingerprint density at radius 1 is 0.637 bits per heavy atom. The van der Waals surface area contributed by atoms with E-state index in [-0.39, 0.29) is 19.4 Å². The first kappa shape index (κ1) is 68.9. The van der Waals surface area contributed by atoms with Crippen molar-refractivity contribution in [2.24, 2.45) is 29.0 Å². The van der Waals surface area contributed by atoms with E-state index >= 15 is 0 Å². The van der Waals surface area contributed by atoms with E-state index in [0.29, 0.717) is 18.7 Å². The van der Waals surface area contributed by atoms with Crippen molar-refractivity contribution < 1.29 is 72.5 Å². The number of aliphatic hydroxyl groups is 2. The highest BCUT2D eigenvalue weighted by atomic mass is 35.5. The number of primary amides is 3. The number of nitrogens with one attached hydrogen (secondary N) is 8. The summed E-state index contributed by atoms with van der Waals surface area (Å²) >= 11 is 5.83. The zero-order valence-corrected chi connectivity index (χ0v) is 47.4. The fourth-order valence-electron chi connectivity index (χ4n) is 8.91. The Balaban J connectivity index is 2.80. The summed E-state index contributed by atoms with van der Waals surface area (Å²) in [6.45, 7) is 9.57. The average Bonchev–Trinajstić information content (AvgIpc) is 3.89. The number of unbranched alkanes of at least 4 members (excludes halogenated alkanes) is 5. The lowest BCUT2D eigenvalue weighted by Gasteiger charge is -2.36. The molecule has 28 nitrogen and oxygen atoms in total. The molecule has 0 saturated carbocycles. The second-order valence-electron chi connectivity index (χ2n) is 20.3.